The number of rotatable bonds is 3. The molecule has 9 aromatic rings. The summed E-state index contributed by atoms with van der Waals surface area (Å²) in [6.45, 7) is 4.38. The summed E-state index contributed by atoms with van der Waals surface area (Å²) in [5, 5.41) is 9.54. The molecule has 0 aliphatic carbocycles. The quantitative estimate of drug-likeness (QED) is 0.196. The molecule has 0 aliphatic rings. The standard InChI is InChI=1S/C41H27N3O/c1-24-21-32-33-23-28(41-43-39(26-11-5-3-6-12-26)42-40(44-41)27-13-7-4-8-14-27)17-18-29(33)30-19-20-36-38(37(30)34(32)22-25(24)2)31-15-9-10-16-35(31)45-36/h3-23H,1-2H3. The van der Waals surface area contributed by atoms with Gasteiger partial charge in [0.25, 0.3) is 0 Å². The van der Waals surface area contributed by atoms with E-state index in [1.807, 2.05) is 72.8 Å². The first-order valence-electron chi connectivity index (χ1n) is 15.2. The Bertz CT molecular complexity index is 2550. The third kappa shape index (κ3) is 4.03. The first-order valence-corrected chi connectivity index (χ1v) is 15.2. The van der Waals surface area contributed by atoms with Crippen LogP contribution in [0.4, 0.5) is 0 Å². The van der Waals surface area contributed by atoms with E-state index >= 15 is 0 Å². The van der Waals surface area contributed by atoms with Gasteiger partial charge in [-0.3, -0.25) is 0 Å². The molecule has 212 valence electrons. The zero-order chi connectivity index (χ0) is 30.1. The lowest BCUT2D eigenvalue weighted by atomic mass is 9.89. The van der Waals surface area contributed by atoms with E-state index < -0.39 is 0 Å². The molecule has 0 unspecified atom stereocenters. The first kappa shape index (κ1) is 25.6. The average molecular weight is 578 g/mol. The van der Waals surface area contributed by atoms with Crippen molar-refractivity contribution in [3.63, 3.8) is 0 Å². The fourth-order valence-electron chi connectivity index (χ4n) is 6.65. The number of hydrogen-bond donors (Lipinski definition) is 0. The van der Waals surface area contributed by atoms with Crippen molar-refractivity contribution in [1.82, 2.24) is 15.0 Å². The van der Waals surface area contributed by atoms with E-state index in [9.17, 15) is 0 Å². The first-order chi connectivity index (χ1) is 22.1. The lowest BCUT2D eigenvalue weighted by Gasteiger charge is -2.15. The van der Waals surface area contributed by atoms with Crippen LogP contribution in [0.2, 0.25) is 0 Å². The van der Waals surface area contributed by atoms with E-state index in [0.29, 0.717) is 17.5 Å². The van der Waals surface area contributed by atoms with Crippen molar-refractivity contribution in [3.05, 3.63) is 139 Å². The molecule has 0 N–H and O–H groups in total. The summed E-state index contributed by atoms with van der Waals surface area (Å²) >= 11 is 0. The summed E-state index contributed by atoms with van der Waals surface area (Å²) in [5.74, 6) is 1.96. The minimum Gasteiger partial charge on any atom is -0.456 e. The van der Waals surface area contributed by atoms with Crippen LogP contribution in [0.25, 0.3) is 88.4 Å². The summed E-state index contributed by atoms with van der Waals surface area (Å²) < 4.78 is 6.33. The summed E-state index contributed by atoms with van der Waals surface area (Å²) in [6.07, 6.45) is 0. The monoisotopic (exact) mass is 577 g/mol. The highest BCUT2D eigenvalue weighted by molar-refractivity contribution is 6.34. The number of benzene rings is 7. The molecular formula is C41H27N3O. The summed E-state index contributed by atoms with van der Waals surface area (Å²) in [5.41, 5.74) is 7.21. The van der Waals surface area contributed by atoms with Gasteiger partial charge < -0.3 is 4.42 Å². The van der Waals surface area contributed by atoms with Crippen LogP contribution in [0.1, 0.15) is 11.1 Å². The van der Waals surface area contributed by atoms with Gasteiger partial charge in [-0.25, -0.2) is 15.0 Å². The van der Waals surface area contributed by atoms with Crippen LogP contribution in [0.3, 0.4) is 0 Å². The second-order valence-electron chi connectivity index (χ2n) is 11.7. The second kappa shape index (κ2) is 9.83. The van der Waals surface area contributed by atoms with Gasteiger partial charge in [0.1, 0.15) is 11.2 Å². The molecule has 2 heterocycles. The molecule has 0 fully saturated rings. The Balaban J connectivity index is 1.36. The number of hydrogen-bond acceptors (Lipinski definition) is 4. The van der Waals surface area contributed by atoms with Crippen molar-refractivity contribution in [3.8, 4) is 34.2 Å². The van der Waals surface area contributed by atoms with Crippen LogP contribution in [0.5, 0.6) is 0 Å². The van der Waals surface area contributed by atoms with Gasteiger partial charge in [0.2, 0.25) is 0 Å². The van der Waals surface area contributed by atoms with Crippen LogP contribution in [0, 0.1) is 13.8 Å². The number of aromatic nitrogens is 3. The van der Waals surface area contributed by atoms with Crippen molar-refractivity contribution >= 4 is 54.3 Å². The maximum absolute atomic E-state index is 6.33. The topological polar surface area (TPSA) is 51.8 Å². The number of fused-ring (bicyclic) bond motifs is 10. The summed E-state index contributed by atoms with van der Waals surface area (Å²) in [6, 6.07) is 44.2. The number of aryl methyl sites for hydroxylation is 2. The van der Waals surface area contributed by atoms with Gasteiger partial charge in [-0.05, 0) is 76.2 Å². The highest BCUT2D eigenvalue weighted by Gasteiger charge is 2.18. The van der Waals surface area contributed by atoms with E-state index in [-0.39, 0.29) is 0 Å². The molecule has 9 rings (SSSR count). The molecule has 0 saturated heterocycles. The zero-order valence-corrected chi connectivity index (χ0v) is 24.9. The average Bonchev–Trinajstić information content (AvgIpc) is 3.48. The van der Waals surface area contributed by atoms with E-state index in [4.69, 9.17) is 19.4 Å². The molecule has 0 spiro atoms. The largest absolute Gasteiger partial charge is 0.456 e. The van der Waals surface area contributed by atoms with Gasteiger partial charge in [-0.2, -0.15) is 0 Å². The third-order valence-corrected chi connectivity index (χ3v) is 9.00. The maximum Gasteiger partial charge on any atom is 0.164 e. The summed E-state index contributed by atoms with van der Waals surface area (Å²) in [7, 11) is 0. The van der Waals surface area contributed by atoms with Gasteiger partial charge in [-0.1, -0.05) is 103 Å². The minimum absolute atomic E-state index is 0.651. The minimum atomic E-state index is 0.651. The molecule has 0 saturated carbocycles. The number of nitrogens with zero attached hydrogens (tertiary/aromatic N) is 3. The lowest BCUT2D eigenvalue weighted by molar-refractivity contribution is 0.669. The molecule has 0 amide bonds. The smallest absolute Gasteiger partial charge is 0.164 e. The van der Waals surface area contributed by atoms with Gasteiger partial charge in [-0.15, -0.1) is 0 Å². The maximum atomic E-state index is 6.33. The van der Waals surface area contributed by atoms with Crippen LogP contribution < -0.4 is 0 Å². The van der Waals surface area contributed by atoms with Crippen LogP contribution in [0.15, 0.2) is 132 Å². The molecule has 0 radical (unpaired) electrons. The highest BCUT2D eigenvalue weighted by atomic mass is 16.3. The Labute approximate surface area is 259 Å². The predicted molar refractivity (Wildman–Crippen MR) is 185 cm³/mol. The Morgan fingerprint density at radius 1 is 0.378 bits per heavy atom. The van der Waals surface area contributed by atoms with E-state index in [1.54, 1.807) is 0 Å². The van der Waals surface area contributed by atoms with Gasteiger partial charge in [0, 0.05) is 32.8 Å². The van der Waals surface area contributed by atoms with Gasteiger partial charge in [0.05, 0.1) is 0 Å². The Kier molecular flexibility index (Phi) is 5.59. The Hall–Kier alpha value is -5.87. The Morgan fingerprint density at radius 2 is 0.933 bits per heavy atom. The molecule has 0 atom stereocenters. The molecule has 0 aliphatic heterocycles. The van der Waals surface area contributed by atoms with E-state index in [0.717, 1.165) is 33.2 Å². The molecule has 2 aromatic heterocycles. The predicted octanol–water partition coefficient (Wildman–Crippen LogP) is 10.8. The zero-order valence-electron chi connectivity index (χ0n) is 24.9. The van der Waals surface area contributed by atoms with Crippen molar-refractivity contribution in [2.45, 2.75) is 13.8 Å². The molecule has 0 bridgehead atoms. The lowest BCUT2D eigenvalue weighted by Crippen LogP contribution is -2.00. The number of para-hydroxylation sites is 1. The molecular weight excluding hydrogens is 550 g/mol. The molecule has 7 aromatic carbocycles. The molecule has 45 heavy (non-hydrogen) atoms. The van der Waals surface area contributed by atoms with E-state index in [2.05, 4.69) is 68.4 Å². The fraction of sp³-hybridized carbons (Fsp3) is 0.0488. The van der Waals surface area contributed by atoms with E-state index in [1.165, 1.54) is 48.8 Å². The SMILES string of the molecule is Cc1cc2c3cc(-c4nc(-c5ccccc5)nc(-c5ccccc5)n4)ccc3c3ccc4oc5ccccc5c4c3c2cc1C. The number of furan rings is 1. The highest BCUT2D eigenvalue weighted by Crippen LogP contribution is 2.43. The van der Waals surface area contributed by atoms with Crippen molar-refractivity contribution in [1.29, 1.82) is 0 Å². The fourth-order valence-corrected chi connectivity index (χ4v) is 6.65. The van der Waals surface area contributed by atoms with Gasteiger partial charge >= 0.3 is 0 Å². The van der Waals surface area contributed by atoms with Gasteiger partial charge in [0.15, 0.2) is 17.5 Å². The van der Waals surface area contributed by atoms with Crippen LogP contribution in [-0.2, 0) is 0 Å². The normalized spacial score (nSPS) is 11.8. The van der Waals surface area contributed by atoms with Crippen molar-refractivity contribution in [2.75, 3.05) is 0 Å². The van der Waals surface area contributed by atoms with Crippen LogP contribution in [-0.4, -0.2) is 15.0 Å². The van der Waals surface area contributed by atoms with Crippen molar-refractivity contribution < 1.29 is 4.42 Å². The molecule has 4 heteroatoms. The Morgan fingerprint density at radius 3 is 1.62 bits per heavy atom. The summed E-state index contributed by atoms with van der Waals surface area (Å²) in [4.78, 5) is 14.9. The van der Waals surface area contributed by atoms with Crippen molar-refractivity contribution in [2.24, 2.45) is 0 Å². The third-order valence-electron chi connectivity index (χ3n) is 9.00. The second-order valence-corrected chi connectivity index (χ2v) is 11.7. The van der Waals surface area contributed by atoms with Crippen LogP contribution >= 0.6 is 0 Å². The molecule has 4 nitrogen and oxygen atoms in total.